The Hall–Kier alpha value is -1.34. The molecule has 0 spiro atoms. The summed E-state index contributed by atoms with van der Waals surface area (Å²) >= 11 is 0. The molecule has 2 N–H and O–H groups in total. The van der Waals surface area contributed by atoms with E-state index in [2.05, 4.69) is 16.1 Å². The molecular formula is C21H24N2NaO3S. The molecule has 2 aromatic carbocycles. The summed E-state index contributed by atoms with van der Waals surface area (Å²) < 4.78 is 27.0. The van der Waals surface area contributed by atoms with Crippen molar-refractivity contribution in [1.29, 1.82) is 0 Å². The average molecular weight is 407 g/mol. The van der Waals surface area contributed by atoms with Crippen molar-refractivity contribution >= 4 is 51.3 Å². The first kappa shape index (κ1) is 21.4. The molecule has 28 heavy (non-hydrogen) atoms. The first-order valence-electron chi connectivity index (χ1n) is 9.45. The van der Waals surface area contributed by atoms with Crippen LogP contribution in [0.5, 0.6) is 0 Å². The molecule has 2 aliphatic rings. The van der Waals surface area contributed by atoms with Gasteiger partial charge in [0.15, 0.2) is 0 Å². The van der Waals surface area contributed by atoms with Gasteiger partial charge >= 0.3 is 6.03 Å². The van der Waals surface area contributed by atoms with Crippen LogP contribution in [0.25, 0.3) is 0 Å². The molecule has 2 aromatic rings. The van der Waals surface area contributed by atoms with Crippen LogP contribution in [-0.4, -0.2) is 44.0 Å². The quantitative estimate of drug-likeness (QED) is 0.764. The fourth-order valence-electron chi connectivity index (χ4n) is 4.30. The number of benzene rings is 2. The monoisotopic (exact) mass is 407 g/mol. The van der Waals surface area contributed by atoms with E-state index in [9.17, 15) is 13.2 Å². The van der Waals surface area contributed by atoms with Crippen LogP contribution in [0.2, 0.25) is 0 Å². The molecule has 0 aliphatic heterocycles. The van der Waals surface area contributed by atoms with Crippen molar-refractivity contribution in [2.24, 2.45) is 0 Å². The van der Waals surface area contributed by atoms with Crippen molar-refractivity contribution in [3.05, 3.63) is 63.7 Å². The van der Waals surface area contributed by atoms with E-state index in [1.807, 2.05) is 25.1 Å². The van der Waals surface area contributed by atoms with Gasteiger partial charge in [-0.15, -0.1) is 0 Å². The molecule has 143 valence electrons. The number of fused-ring (bicyclic) bond motifs is 2. The molecule has 0 fully saturated rings. The predicted molar refractivity (Wildman–Crippen MR) is 112 cm³/mol. The Bertz CT molecular complexity index is 986. The standard InChI is InChI=1S/C21H24N2O3S.Na/c1-14-5-2-6-15(11-14)13-27(25,26)23-21(24)22-20-18-9-3-7-16(18)12-17-8-4-10-19(17)20;/h2,5-6,11-12H,3-4,7-10,13H2,1H3,(H2,22,23,24);. The molecule has 0 bridgehead atoms. The predicted octanol–water partition coefficient (Wildman–Crippen LogP) is 3.24. The third-order valence-corrected chi connectivity index (χ3v) is 6.61. The Balaban J connectivity index is 0.00000225. The normalized spacial score (nSPS) is 14.8. The number of amides is 2. The Kier molecular flexibility index (Phi) is 6.54. The van der Waals surface area contributed by atoms with Gasteiger partial charge in [-0.05, 0) is 73.3 Å². The summed E-state index contributed by atoms with van der Waals surface area (Å²) in [5.74, 6) is -0.215. The van der Waals surface area contributed by atoms with Crippen LogP contribution < -0.4 is 10.0 Å². The maximum absolute atomic E-state index is 12.5. The van der Waals surface area contributed by atoms with Crippen molar-refractivity contribution in [2.45, 2.75) is 51.2 Å². The average Bonchev–Trinajstić information content (AvgIpc) is 3.22. The fraction of sp³-hybridized carbons (Fsp3) is 0.381. The van der Waals surface area contributed by atoms with Crippen molar-refractivity contribution in [3.8, 4) is 0 Å². The van der Waals surface area contributed by atoms with Crippen molar-refractivity contribution in [2.75, 3.05) is 5.32 Å². The van der Waals surface area contributed by atoms with E-state index in [0.29, 0.717) is 5.56 Å². The fourth-order valence-corrected chi connectivity index (χ4v) is 5.33. The number of hydrogen-bond acceptors (Lipinski definition) is 3. The second kappa shape index (κ2) is 8.57. The third-order valence-electron chi connectivity index (χ3n) is 5.40. The molecule has 4 rings (SSSR count). The minimum absolute atomic E-state index is 0. The zero-order valence-electron chi connectivity index (χ0n) is 16.5. The van der Waals surface area contributed by atoms with Gasteiger partial charge in [0.25, 0.3) is 0 Å². The maximum atomic E-state index is 12.5. The van der Waals surface area contributed by atoms with E-state index in [-0.39, 0.29) is 35.3 Å². The van der Waals surface area contributed by atoms with Crippen LogP contribution in [0.3, 0.4) is 0 Å². The summed E-state index contributed by atoms with van der Waals surface area (Å²) in [5.41, 5.74) is 7.46. The van der Waals surface area contributed by atoms with Gasteiger partial charge in [0.2, 0.25) is 10.0 Å². The molecule has 5 nitrogen and oxygen atoms in total. The van der Waals surface area contributed by atoms with Crippen LogP contribution in [0, 0.1) is 6.92 Å². The van der Waals surface area contributed by atoms with Gasteiger partial charge in [-0.25, -0.2) is 17.9 Å². The van der Waals surface area contributed by atoms with E-state index in [1.165, 1.54) is 22.3 Å². The zero-order valence-corrected chi connectivity index (χ0v) is 19.3. The maximum Gasteiger partial charge on any atom is 0.332 e. The number of carbonyl (C=O) groups excluding carboxylic acids is 1. The van der Waals surface area contributed by atoms with Crippen LogP contribution in [0.4, 0.5) is 10.5 Å². The smallest absolute Gasteiger partial charge is 0.307 e. The summed E-state index contributed by atoms with van der Waals surface area (Å²) in [5, 5.41) is 2.87. The summed E-state index contributed by atoms with van der Waals surface area (Å²) in [7, 11) is -3.76. The Morgan fingerprint density at radius 2 is 1.64 bits per heavy atom. The summed E-state index contributed by atoms with van der Waals surface area (Å²) in [4.78, 5) is 12.5. The summed E-state index contributed by atoms with van der Waals surface area (Å²) in [6, 6.07) is 8.90. The number of urea groups is 1. The van der Waals surface area contributed by atoms with Crippen LogP contribution in [0.15, 0.2) is 30.3 Å². The van der Waals surface area contributed by atoms with Crippen LogP contribution in [-0.2, 0) is 41.5 Å². The van der Waals surface area contributed by atoms with E-state index >= 15 is 0 Å². The Labute approximate surface area is 188 Å². The van der Waals surface area contributed by atoms with Crippen LogP contribution in [0.1, 0.15) is 46.2 Å². The molecule has 2 aliphatic carbocycles. The third kappa shape index (κ3) is 4.62. The topological polar surface area (TPSA) is 75.3 Å². The molecule has 0 aromatic heterocycles. The second-order valence-corrected chi connectivity index (χ2v) is 9.26. The molecular weight excluding hydrogens is 383 g/mol. The second-order valence-electron chi connectivity index (χ2n) is 7.54. The molecule has 0 saturated carbocycles. The van der Waals surface area contributed by atoms with Gasteiger partial charge in [-0.2, -0.15) is 0 Å². The van der Waals surface area contributed by atoms with E-state index < -0.39 is 16.1 Å². The summed E-state index contributed by atoms with van der Waals surface area (Å²) in [6.45, 7) is 1.91. The van der Waals surface area contributed by atoms with E-state index in [4.69, 9.17) is 0 Å². The number of hydrogen-bond donors (Lipinski definition) is 2. The van der Waals surface area contributed by atoms with Gasteiger partial charge in [-0.3, -0.25) is 0 Å². The van der Waals surface area contributed by atoms with Gasteiger partial charge in [0.1, 0.15) is 0 Å². The van der Waals surface area contributed by atoms with E-state index in [0.717, 1.165) is 49.8 Å². The Morgan fingerprint density at radius 1 is 1.00 bits per heavy atom. The molecule has 0 unspecified atom stereocenters. The number of aryl methyl sites for hydroxylation is 3. The number of sulfonamides is 1. The van der Waals surface area contributed by atoms with Gasteiger partial charge in [0, 0.05) is 35.2 Å². The van der Waals surface area contributed by atoms with Gasteiger partial charge in [-0.1, -0.05) is 35.9 Å². The molecule has 7 heteroatoms. The minimum Gasteiger partial charge on any atom is -0.307 e. The first-order chi connectivity index (χ1) is 12.9. The largest absolute Gasteiger partial charge is 0.332 e. The van der Waals surface area contributed by atoms with Crippen molar-refractivity contribution < 1.29 is 13.2 Å². The Morgan fingerprint density at radius 3 is 2.25 bits per heavy atom. The van der Waals surface area contributed by atoms with E-state index in [1.54, 1.807) is 6.07 Å². The first-order valence-corrected chi connectivity index (χ1v) is 11.1. The SMILES string of the molecule is Cc1cccc(CS(=O)(=O)NC(=O)Nc2c3c(cc4c2CCC4)CCC3)c1.[Na]. The number of nitrogens with one attached hydrogen (secondary N) is 2. The van der Waals surface area contributed by atoms with Gasteiger partial charge < -0.3 is 5.32 Å². The number of anilines is 1. The minimum atomic E-state index is -3.76. The summed E-state index contributed by atoms with van der Waals surface area (Å²) in [6.07, 6.45) is 6.11. The van der Waals surface area contributed by atoms with Crippen molar-refractivity contribution in [3.63, 3.8) is 0 Å². The molecule has 0 saturated heterocycles. The van der Waals surface area contributed by atoms with Crippen molar-refractivity contribution in [1.82, 2.24) is 4.72 Å². The molecule has 1 radical (unpaired) electrons. The molecule has 0 heterocycles. The zero-order chi connectivity index (χ0) is 19.0. The van der Waals surface area contributed by atoms with Gasteiger partial charge in [0.05, 0.1) is 5.75 Å². The molecule has 2 amide bonds. The van der Waals surface area contributed by atoms with Crippen LogP contribution >= 0.6 is 0 Å². The number of carbonyl (C=O) groups is 1. The molecule has 0 atom stereocenters. The number of rotatable bonds is 4.